The van der Waals surface area contributed by atoms with Crippen LogP contribution in [-0.4, -0.2) is 18.5 Å². The summed E-state index contributed by atoms with van der Waals surface area (Å²) in [5, 5.41) is 5.20. The van der Waals surface area contributed by atoms with Crippen LogP contribution in [0.2, 0.25) is 0 Å². The molecule has 3 rings (SSSR count). The van der Waals surface area contributed by atoms with Gasteiger partial charge in [-0.1, -0.05) is 0 Å². The van der Waals surface area contributed by atoms with Crippen LogP contribution in [0.1, 0.15) is 52.2 Å². The topological polar surface area (TPSA) is 68.5 Å². The van der Waals surface area contributed by atoms with E-state index in [0.717, 1.165) is 18.4 Å². The summed E-state index contributed by atoms with van der Waals surface area (Å²) >= 11 is 1.35. The third-order valence-corrected chi connectivity index (χ3v) is 4.20. The van der Waals surface area contributed by atoms with Gasteiger partial charge in [0, 0.05) is 0 Å². The summed E-state index contributed by atoms with van der Waals surface area (Å²) in [5.41, 5.74) is 1.47. The van der Waals surface area contributed by atoms with Crippen LogP contribution in [-0.2, 0) is 4.74 Å². The lowest BCUT2D eigenvalue weighted by Gasteiger charge is -2.07. The van der Waals surface area contributed by atoms with Crippen molar-refractivity contribution in [2.24, 2.45) is 0 Å². The van der Waals surface area contributed by atoms with Gasteiger partial charge in [0.1, 0.15) is 5.00 Å². The van der Waals surface area contributed by atoms with Crippen LogP contribution < -0.4 is 5.32 Å². The third kappa shape index (κ3) is 2.85. The molecule has 1 saturated carbocycles. The largest absolute Gasteiger partial charge is 0.462 e. The van der Waals surface area contributed by atoms with Crippen LogP contribution in [0.4, 0.5) is 5.00 Å². The van der Waals surface area contributed by atoms with Gasteiger partial charge in [0.2, 0.25) is 0 Å². The van der Waals surface area contributed by atoms with E-state index in [0.29, 0.717) is 23.1 Å². The van der Waals surface area contributed by atoms with Gasteiger partial charge >= 0.3 is 5.97 Å². The Morgan fingerprint density at radius 3 is 2.90 bits per heavy atom. The quantitative estimate of drug-likeness (QED) is 0.856. The Balaban J connectivity index is 1.87. The Labute approximate surface area is 125 Å². The van der Waals surface area contributed by atoms with E-state index in [-0.39, 0.29) is 17.6 Å². The molecule has 110 valence electrons. The Kier molecular flexibility index (Phi) is 3.79. The fourth-order valence-corrected chi connectivity index (χ4v) is 3.17. The van der Waals surface area contributed by atoms with Crippen molar-refractivity contribution in [3.05, 3.63) is 40.7 Å². The second-order valence-corrected chi connectivity index (χ2v) is 5.70. The highest BCUT2D eigenvalue weighted by Gasteiger charge is 2.32. The zero-order chi connectivity index (χ0) is 14.8. The second-order valence-electron chi connectivity index (χ2n) is 4.82. The first-order valence-corrected chi connectivity index (χ1v) is 7.72. The number of anilines is 1. The van der Waals surface area contributed by atoms with Crippen LogP contribution in [0.25, 0.3) is 0 Å². The van der Waals surface area contributed by atoms with Crippen molar-refractivity contribution in [3.8, 4) is 0 Å². The van der Waals surface area contributed by atoms with Crippen molar-refractivity contribution in [1.29, 1.82) is 0 Å². The predicted molar refractivity (Wildman–Crippen MR) is 78.9 cm³/mol. The van der Waals surface area contributed by atoms with Crippen LogP contribution in [0.5, 0.6) is 0 Å². The van der Waals surface area contributed by atoms with Crippen LogP contribution in [0.3, 0.4) is 0 Å². The maximum absolute atomic E-state index is 12.2. The maximum Gasteiger partial charge on any atom is 0.341 e. The predicted octanol–water partition coefficient (Wildman–Crippen LogP) is 3.65. The van der Waals surface area contributed by atoms with E-state index in [1.54, 1.807) is 19.1 Å². The Morgan fingerprint density at radius 1 is 1.48 bits per heavy atom. The summed E-state index contributed by atoms with van der Waals surface area (Å²) in [4.78, 5) is 24.2. The van der Waals surface area contributed by atoms with Gasteiger partial charge in [0.05, 0.1) is 18.4 Å². The van der Waals surface area contributed by atoms with E-state index in [1.807, 2.05) is 5.38 Å². The highest BCUT2D eigenvalue weighted by Crippen LogP contribution is 2.46. The SMILES string of the molecule is CCOC(=O)c1c(C2CC2)csc1NC(=O)c1ccco1. The van der Waals surface area contributed by atoms with Gasteiger partial charge in [-0.2, -0.15) is 0 Å². The molecule has 5 nitrogen and oxygen atoms in total. The molecule has 1 aliphatic rings. The van der Waals surface area contributed by atoms with Crippen molar-refractivity contribution in [2.45, 2.75) is 25.7 Å². The summed E-state index contributed by atoms with van der Waals surface area (Å²) in [6.45, 7) is 2.08. The molecule has 1 amide bonds. The number of carbonyl (C=O) groups excluding carboxylic acids is 2. The molecule has 0 spiro atoms. The summed E-state index contributed by atoms with van der Waals surface area (Å²) < 4.78 is 10.2. The number of hydrogen-bond acceptors (Lipinski definition) is 5. The number of rotatable bonds is 5. The Bertz CT molecular complexity index is 655. The summed E-state index contributed by atoms with van der Waals surface area (Å²) in [5.74, 6) is -0.119. The molecule has 21 heavy (non-hydrogen) atoms. The molecule has 0 aromatic carbocycles. The molecule has 0 aliphatic heterocycles. The fourth-order valence-electron chi connectivity index (χ4n) is 2.14. The van der Waals surface area contributed by atoms with E-state index in [4.69, 9.17) is 9.15 Å². The van der Waals surface area contributed by atoms with Gasteiger partial charge in [-0.05, 0) is 48.8 Å². The second kappa shape index (κ2) is 5.73. The number of nitrogens with one attached hydrogen (secondary N) is 1. The molecule has 1 fully saturated rings. The average molecular weight is 305 g/mol. The molecule has 2 aromatic heterocycles. The van der Waals surface area contributed by atoms with Gasteiger partial charge in [-0.15, -0.1) is 11.3 Å². The molecular formula is C15H15NO4S. The minimum Gasteiger partial charge on any atom is -0.462 e. The maximum atomic E-state index is 12.2. The zero-order valence-corrected chi connectivity index (χ0v) is 12.4. The summed E-state index contributed by atoms with van der Waals surface area (Å²) in [7, 11) is 0. The highest BCUT2D eigenvalue weighted by molar-refractivity contribution is 7.15. The van der Waals surface area contributed by atoms with E-state index < -0.39 is 0 Å². The summed E-state index contributed by atoms with van der Waals surface area (Å²) in [6.07, 6.45) is 3.59. The number of amides is 1. The first kappa shape index (κ1) is 13.9. The lowest BCUT2D eigenvalue weighted by Crippen LogP contribution is -2.14. The first-order chi connectivity index (χ1) is 10.2. The molecule has 0 radical (unpaired) electrons. The van der Waals surface area contributed by atoms with E-state index in [9.17, 15) is 9.59 Å². The molecule has 0 bridgehead atoms. The lowest BCUT2D eigenvalue weighted by molar-refractivity contribution is 0.0527. The van der Waals surface area contributed by atoms with E-state index in [2.05, 4.69) is 5.32 Å². The molecule has 1 N–H and O–H groups in total. The van der Waals surface area contributed by atoms with Crippen molar-refractivity contribution in [2.75, 3.05) is 11.9 Å². The molecule has 2 aromatic rings. The van der Waals surface area contributed by atoms with E-state index >= 15 is 0 Å². The minimum absolute atomic E-state index is 0.214. The van der Waals surface area contributed by atoms with Crippen molar-refractivity contribution < 1.29 is 18.7 Å². The highest BCUT2D eigenvalue weighted by atomic mass is 32.1. The van der Waals surface area contributed by atoms with Gasteiger partial charge in [-0.3, -0.25) is 4.79 Å². The molecule has 1 aliphatic carbocycles. The van der Waals surface area contributed by atoms with E-state index in [1.165, 1.54) is 17.6 Å². The average Bonchev–Trinajstić information content (AvgIpc) is 3.01. The molecular weight excluding hydrogens is 290 g/mol. The summed E-state index contributed by atoms with van der Waals surface area (Å²) in [6, 6.07) is 3.22. The first-order valence-electron chi connectivity index (χ1n) is 6.84. The number of furan rings is 1. The molecule has 0 unspecified atom stereocenters. The standard InChI is InChI=1S/C15H15NO4S/c1-2-19-15(18)12-10(9-5-6-9)8-21-14(12)16-13(17)11-4-3-7-20-11/h3-4,7-9H,2,5-6H2,1H3,(H,16,17). The fraction of sp³-hybridized carbons (Fsp3) is 0.333. The molecule has 0 saturated heterocycles. The van der Waals surface area contributed by atoms with Gasteiger partial charge in [0.15, 0.2) is 5.76 Å². The van der Waals surface area contributed by atoms with Gasteiger partial charge in [0.25, 0.3) is 5.91 Å². The van der Waals surface area contributed by atoms with Crippen LogP contribution in [0, 0.1) is 0 Å². The minimum atomic E-state index is -0.379. The van der Waals surface area contributed by atoms with Gasteiger partial charge in [-0.25, -0.2) is 4.79 Å². The number of thiophene rings is 1. The van der Waals surface area contributed by atoms with Crippen LogP contribution in [0.15, 0.2) is 28.2 Å². The lowest BCUT2D eigenvalue weighted by atomic mass is 10.1. The third-order valence-electron chi connectivity index (χ3n) is 3.29. The van der Waals surface area contributed by atoms with Crippen molar-refractivity contribution in [3.63, 3.8) is 0 Å². The zero-order valence-electron chi connectivity index (χ0n) is 11.5. The number of hydrogen-bond donors (Lipinski definition) is 1. The Hall–Kier alpha value is -2.08. The van der Waals surface area contributed by atoms with Crippen molar-refractivity contribution in [1.82, 2.24) is 0 Å². The van der Waals surface area contributed by atoms with Crippen molar-refractivity contribution >= 4 is 28.2 Å². The smallest absolute Gasteiger partial charge is 0.341 e. The number of carbonyl (C=O) groups is 2. The molecule has 0 atom stereocenters. The normalized spacial score (nSPS) is 14.0. The molecule has 6 heteroatoms. The Morgan fingerprint density at radius 2 is 2.29 bits per heavy atom. The number of esters is 1. The molecule has 2 heterocycles. The van der Waals surface area contributed by atoms with Crippen LogP contribution >= 0.6 is 11.3 Å². The number of ether oxygens (including phenoxy) is 1. The van der Waals surface area contributed by atoms with Gasteiger partial charge < -0.3 is 14.5 Å². The monoisotopic (exact) mass is 305 g/mol.